The highest BCUT2D eigenvalue weighted by Crippen LogP contribution is 2.28. The standard InChI is InChI=1S/C16H25BrN2/c17-16-9-5-4-8-14(16)12-15(19-18)11-10-13-6-2-1-3-7-13/h4-5,8-9,13,15,19H,1-3,6-7,10-12,18H2. The van der Waals surface area contributed by atoms with Gasteiger partial charge >= 0.3 is 0 Å². The van der Waals surface area contributed by atoms with Crippen LogP contribution in [-0.2, 0) is 6.42 Å². The summed E-state index contributed by atoms with van der Waals surface area (Å²) in [5, 5.41) is 0. The van der Waals surface area contributed by atoms with Crippen LogP contribution in [0.15, 0.2) is 28.7 Å². The molecule has 2 rings (SSSR count). The van der Waals surface area contributed by atoms with Crippen molar-refractivity contribution in [2.75, 3.05) is 0 Å². The SMILES string of the molecule is NNC(CCC1CCCCC1)Cc1ccccc1Br. The fourth-order valence-corrected chi connectivity index (χ4v) is 3.53. The van der Waals surface area contributed by atoms with Crippen LogP contribution >= 0.6 is 15.9 Å². The zero-order chi connectivity index (χ0) is 13.5. The summed E-state index contributed by atoms with van der Waals surface area (Å²) in [6.07, 6.45) is 10.6. The minimum Gasteiger partial charge on any atom is -0.271 e. The van der Waals surface area contributed by atoms with E-state index in [1.165, 1.54) is 55.0 Å². The second-order valence-corrected chi connectivity index (χ2v) is 6.59. The molecule has 0 aromatic heterocycles. The van der Waals surface area contributed by atoms with E-state index in [9.17, 15) is 0 Å². The van der Waals surface area contributed by atoms with Crippen molar-refractivity contribution in [3.05, 3.63) is 34.3 Å². The van der Waals surface area contributed by atoms with E-state index in [2.05, 4.69) is 45.6 Å². The van der Waals surface area contributed by atoms with E-state index in [0.717, 1.165) is 12.3 Å². The lowest BCUT2D eigenvalue weighted by molar-refractivity contribution is 0.313. The van der Waals surface area contributed by atoms with E-state index in [1.807, 2.05) is 0 Å². The summed E-state index contributed by atoms with van der Waals surface area (Å²) in [6, 6.07) is 8.81. The highest BCUT2D eigenvalue weighted by molar-refractivity contribution is 9.10. The summed E-state index contributed by atoms with van der Waals surface area (Å²) >= 11 is 3.61. The van der Waals surface area contributed by atoms with Crippen molar-refractivity contribution < 1.29 is 0 Å². The molecule has 0 amide bonds. The van der Waals surface area contributed by atoms with Crippen molar-refractivity contribution in [2.24, 2.45) is 11.8 Å². The first-order chi connectivity index (χ1) is 9.29. The highest BCUT2D eigenvalue weighted by atomic mass is 79.9. The van der Waals surface area contributed by atoms with Gasteiger partial charge in [-0.25, -0.2) is 0 Å². The van der Waals surface area contributed by atoms with Crippen LogP contribution in [0.4, 0.5) is 0 Å². The maximum atomic E-state index is 5.72. The molecule has 1 aliphatic carbocycles. The molecule has 1 aliphatic rings. The number of hydrogen-bond acceptors (Lipinski definition) is 2. The predicted molar refractivity (Wildman–Crippen MR) is 84.8 cm³/mol. The first-order valence-corrected chi connectivity index (χ1v) is 8.28. The maximum Gasteiger partial charge on any atom is 0.0251 e. The van der Waals surface area contributed by atoms with Crippen LogP contribution in [0, 0.1) is 5.92 Å². The molecule has 1 aromatic carbocycles. The van der Waals surface area contributed by atoms with Gasteiger partial charge in [-0.05, 0) is 36.8 Å². The molecule has 0 saturated heterocycles. The molecule has 1 atom stereocenters. The third-order valence-electron chi connectivity index (χ3n) is 4.31. The molecule has 1 aromatic rings. The molecule has 106 valence electrons. The first kappa shape index (κ1) is 15.0. The van der Waals surface area contributed by atoms with Crippen LogP contribution in [0.25, 0.3) is 0 Å². The quantitative estimate of drug-likeness (QED) is 0.608. The average molecular weight is 325 g/mol. The van der Waals surface area contributed by atoms with Crippen LogP contribution in [0.1, 0.15) is 50.5 Å². The Morgan fingerprint density at radius 2 is 1.95 bits per heavy atom. The minimum atomic E-state index is 0.389. The van der Waals surface area contributed by atoms with Gasteiger partial charge in [0.25, 0.3) is 0 Å². The molecule has 1 saturated carbocycles. The third-order valence-corrected chi connectivity index (χ3v) is 5.08. The molecule has 0 spiro atoms. The summed E-state index contributed by atoms with van der Waals surface area (Å²) in [5.74, 6) is 6.66. The number of benzene rings is 1. The molecule has 1 unspecified atom stereocenters. The Labute approximate surface area is 125 Å². The van der Waals surface area contributed by atoms with Crippen LogP contribution < -0.4 is 11.3 Å². The zero-order valence-electron chi connectivity index (χ0n) is 11.6. The number of hydrogen-bond donors (Lipinski definition) is 2. The van der Waals surface area contributed by atoms with Gasteiger partial charge in [-0.15, -0.1) is 0 Å². The predicted octanol–water partition coefficient (Wildman–Crippen LogP) is 4.18. The Balaban J connectivity index is 1.81. The fraction of sp³-hybridized carbons (Fsp3) is 0.625. The number of halogens is 1. The Kier molecular flexibility index (Phi) is 6.35. The zero-order valence-corrected chi connectivity index (χ0v) is 13.2. The molecular formula is C16H25BrN2. The van der Waals surface area contributed by atoms with Crippen LogP contribution in [0.2, 0.25) is 0 Å². The van der Waals surface area contributed by atoms with E-state index in [1.54, 1.807) is 0 Å². The van der Waals surface area contributed by atoms with Gasteiger partial charge in [0.2, 0.25) is 0 Å². The van der Waals surface area contributed by atoms with Crippen LogP contribution in [-0.4, -0.2) is 6.04 Å². The summed E-state index contributed by atoms with van der Waals surface area (Å²) in [5.41, 5.74) is 4.34. The van der Waals surface area contributed by atoms with Gasteiger partial charge in [-0.3, -0.25) is 11.3 Å². The second kappa shape index (κ2) is 8.03. The molecule has 0 radical (unpaired) electrons. The van der Waals surface area contributed by atoms with Gasteiger partial charge in [0, 0.05) is 10.5 Å². The van der Waals surface area contributed by atoms with Crippen molar-refractivity contribution in [1.29, 1.82) is 0 Å². The summed E-state index contributed by atoms with van der Waals surface area (Å²) < 4.78 is 1.19. The number of nitrogens with one attached hydrogen (secondary N) is 1. The molecule has 0 aliphatic heterocycles. The average Bonchev–Trinajstić information content (AvgIpc) is 2.46. The second-order valence-electron chi connectivity index (χ2n) is 5.74. The maximum absolute atomic E-state index is 5.72. The van der Waals surface area contributed by atoms with Gasteiger partial charge in [0.1, 0.15) is 0 Å². The molecule has 3 N–H and O–H groups in total. The van der Waals surface area contributed by atoms with E-state index in [-0.39, 0.29) is 0 Å². The van der Waals surface area contributed by atoms with Gasteiger partial charge in [0.15, 0.2) is 0 Å². The Bertz CT molecular complexity index is 375. The van der Waals surface area contributed by atoms with Crippen molar-refractivity contribution in [1.82, 2.24) is 5.43 Å². The molecule has 0 bridgehead atoms. The van der Waals surface area contributed by atoms with Crippen molar-refractivity contribution in [3.63, 3.8) is 0 Å². The lowest BCUT2D eigenvalue weighted by Gasteiger charge is -2.24. The molecule has 0 heterocycles. The molecule has 1 fully saturated rings. The normalized spacial score (nSPS) is 18.4. The summed E-state index contributed by atoms with van der Waals surface area (Å²) in [7, 11) is 0. The molecule has 19 heavy (non-hydrogen) atoms. The van der Waals surface area contributed by atoms with Crippen molar-refractivity contribution in [3.8, 4) is 0 Å². The van der Waals surface area contributed by atoms with Gasteiger partial charge in [-0.2, -0.15) is 0 Å². The number of rotatable bonds is 6. The van der Waals surface area contributed by atoms with E-state index in [0.29, 0.717) is 6.04 Å². The third kappa shape index (κ3) is 4.90. The van der Waals surface area contributed by atoms with Gasteiger partial charge < -0.3 is 0 Å². The minimum absolute atomic E-state index is 0.389. The van der Waals surface area contributed by atoms with Crippen LogP contribution in [0.5, 0.6) is 0 Å². The lowest BCUT2D eigenvalue weighted by atomic mass is 9.84. The fourth-order valence-electron chi connectivity index (χ4n) is 3.09. The molecule has 3 heteroatoms. The van der Waals surface area contributed by atoms with Gasteiger partial charge in [-0.1, -0.05) is 66.2 Å². The van der Waals surface area contributed by atoms with E-state index in [4.69, 9.17) is 5.84 Å². The van der Waals surface area contributed by atoms with Crippen molar-refractivity contribution in [2.45, 2.75) is 57.4 Å². The molecular weight excluding hydrogens is 300 g/mol. The first-order valence-electron chi connectivity index (χ1n) is 7.49. The van der Waals surface area contributed by atoms with Crippen molar-refractivity contribution >= 4 is 15.9 Å². The Hall–Kier alpha value is -0.380. The summed E-state index contributed by atoms with van der Waals surface area (Å²) in [4.78, 5) is 0. The number of nitrogens with two attached hydrogens (primary N) is 1. The molecule has 2 nitrogen and oxygen atoms in total. The van der Waals surface area contributed by atoms with E-state index >= 15 is 0 Å². The Morgan fingerprint density at radius 3 is 2.63 bits per heavy atom. The monoisotopic (exact) mass is 324 g/mol. The van der Waals surface area contributed by atoms with E-state index < -0.39 is 0 Å². The lowest BCUT2D eigenvalue weighted by Crippen LogP contribution is -2.37. The smallest absolute Gasteiger partial charge is 0.0251 e. The summed E-state index contributed by atoms with van der Waals surface area (Å²) in [6.45, 7) is 0. The van der Waals surface area contributed by atoms with Crippen LogP contribution in [0.3, 0.4) is 0 Å². The Morgan fingerprint density at radius 1 is 1.21 bits per heavy atom. The van der Waals surface area contributed by atoms with Gasteiger partial charge in [0.05, 0.1) is 0 Å². The highest BCUT2D eigenvalue weighted by Gasteiger charge is 2.16. The number of hydrazine groups is 1. The largest absolute Gasteiger partial charge is 0.271 e. The topological polar surface area (TPSA) is 38.0 Å².